The quantitative estimate of drug-likeness (QED) is 0.648. The molecular weight excluding hydrogens is 410 g/mol. The van der Waals surface area contributed by atoms with Crippen LogP contribution in [0, 0.1) is 6.92 Å². The zero-order valence-electron chi connectivity index (χ0n) is 18.3. The number of hydrogen-bond acceptors (Lipinski definition) is 5. The van der Waals surface area contributed by atoms with Gasteiger partial charge in [0.15, 0.2) is 6.61 Å². The van der Waals surface area contributed by atoms with Crippen molar-refractivity contribution in [2.24, 2.45) is 0 Å². The topological polar surface area (TPSA) is 61.9 Å². The van der Waals surface area contributed by atoms with E-state index in [0.717, 1.165) is 18.8 Å². The summed E-state index contributed by atoms with van der Waals surface area (Å²) in [5.41, 5.74) is 2.42. The molecule has 1 saturated heterocycles. The molecule has 3 rings (SSSR count). The molecule has 1 aliphatic heterocycles. The summed E-state index contributed by atoms with van der Waals surface area (Å²) in [6, 6.07) is 17.1. The number of nitrogens with one attached hydrogen (secondary N) is 1. The van der Waals surface area contributed by atoms with Crippen LogP contribution in [0.15, 0.2) is 54.6 Å². The van der Waals surface area contributed by atoms with Crippen LogP contribution >= 0.6 is 11.8 Å². The van der Waals surface area contributed by atoms with Crippen molar-refractivity contribution in [3.8, 4) is 5.75 Å². The van der Waals surface area contributed by atoms with Crippen molar-refractivity contribution in [1.29, 1.82) is 0 Å². The number of piperazine rings is 1. The van der Waals surface area contributed by atoms with Crippen molar-refractivity contribution in [3.05, 3.63) is 60.2 Å². The van der Waals surface area contributed by atoms with Crippen LogP contribution in [-0.2, 0) is 9.59 Å². The van der Waals surface area contributed by atoms with E-state index in [9.17, 15) is 9.59 Å². The fourth-order valence-electron chi connectivity index (χ4n) is 3.62. The Labute approximate surface area is 188 Å². The maximum atomic E-state index is 13.2. The van der Waals surface area contributed by atoms with Crippen LogP contribution in [0.1, 0.15) is 12.0 Å². The van der Waals surface area contributed by atoms with Crippen LogP contribution in [0.4, 0.5) is 5.69 Å². The first-order valence-electron chi connectivity index (χ1n) is 10.6. The fourth-order valence-corrected chi connectivity index (χ4v) is 4.10. The molecule has 0 radical (unpaired) electrons. The van der Waals surface area contributed by atoms with Crippen LogP contribution in [0.3, 0.4) is 0 Å². The predicted octanol–water partition coefficient (Wildman–Crippen LogP) is 2.96. The second kappa shape index (κ2) is 11.6. The van der Waals surface area contributed by atoms with Crippen molar-refractivity contribution in [1.82, 2.24) is 10.2 Å². The van der Waals surface area contributed by atoms with Gasteiger partial charge in [-0.05, 0) is 55.2 Å². The minimum atomic E-state index is -0.523. The van der Waals surface area contributed by atoms with Gasteiger partial charge in [0.1, 0.15) is 11.8 Å². The Balaban J connectivity index is 1.53. The summed E-state index contributed by atoms with van der Waals surface area (Å²) in [4.78, 5) is 29.8. The van der Waals surface area contributed by atoms with Gasteiger partial charge in [-0.15, -0.1) is 0 Å². The standard InChI is InChI=1S/C24H31N3O3S/c1-19-7-6-8-20(17-19)26-12-14-27(15-13-26)24(29)22(11-16-31-2)25-23(28)18-30-21-9-4-3-5-10-21/h3-10,17,22H,11-16,18H2,1-2H3,(H,25,28). The largest absolute Gasteiger partial charge is 0.484 e. The molecule has 0 spiro atoms. The number of rotatable bonds is 9. The molecule has 2 aromatic rings. The molecule has 0 aromatic heterocycles. The van der Waals surface area contributed by atoms with Gasteiger partial charge in [0, 0.05) is 31.9 Å². The maximum Gasteiger partial charge on any atom is 0.258 e. The normalized spacial score (nSPS) is 14.8. The van der Waals surface area contributed by atoms with Gasteiger partial charge in [0.05, 0.1) is 0 Å². The molecule has 0 aliphatic carbocycles. The number of thioether (sulfide) groups is 1. The molecule has 0 bridgehead atoms. The van der Waals surface area contributed by atoms with Crippen molar-refractivity contribution < 1.29 is 14.3 Å². The molecule has 166 valence electrons. The molecule has 2 aromatic carbocycles. The zero-order chi connectivity index (χ0) is 22.1. The number of carbonyl (C=O) groups excluding carboxylic acids is 2. The average molecular weight is 442 g/mol. The van der Waals surface area contributed by atoms with Crippen LogP contribution in [-0.4, -0.2) is 67.6 Å². The van der Waals surface area contributed by atoms with E-state index in [2.05, 4.69) is 41.4 Å². The smallest absolute Gasteiger partial charge is 0.258 e. The minimum absolute atomic E-state index is 0.00833. The summed E-state index contributed by atoms with van der Waals surface area (Å²) >= 11 is 1.67. The highest BCUT2D eigenvalue weighted by Crippen LogP contribution is 2.18. The van der Waals surface area contributed by atoms with Gasteiger partial charge in [0.25, 0.3) is 5.91 Å². The number of ether oxygens (including phenoxy) is 1. The highest BCUT2D eigenvalue weighted by atomic mass is 32.2. The number of para-hydroxylation sites is 1. The lowest BCUT2D eigenvalue weighted by molar-refractivity contribution is -0.137. The number of amides is 2. The minimum Gasteiger partial charge on any atom is -0.484 e. The highest BCUT2D eigenvalue weighted by Gasteiger charge is 2.28. The van der Waals surface area contributed by atoms with Crippen LogP contribution in [0.25, 0.3) is 0 Å². The predicted molar refractivity (Wildman–Crippen MR) is 127 cm³/mol. The second-order valence-corrected chi connectivity index (χ2v) is 8.64. The number of hydrogen-bond donors (Lipinski definition) is 1. The van der Waals surface area contributed by atoms with E-state index in [4.69, 9.17) is 4.74 Å². The third kappa shape index (κ3) is 6.92. The Bertz CT molecular complexity index is 854. The number of benzene rings is 2. The first-order valence-corrected chi connectivity index (χ1v) is 12.0. The van der Waals surface area contributed by atoms with Crippen molar-refractivity contribution in [2.45, 2.75) is 19.4 Å². The Kier molecular flexibility index (Phi) is 8.64. The van der Waals surface area contributed by atoms with E-state index in [0.29, 0.717) is 25.3 Å². The number of carbonyl (C=O) groups is 2. The summed E-state index contributed by atoms with van der Waals surface area (Å²) in [6.07, 6.45) is 2.61. The highest BCUT2D eigenvalue weighted by molar-refractivity contribution is 7.98. The van der Waals surface area contributed by atoms with Crippen LogP contribution in [0.5, 0.6) is 5.75 Å². The van der Waals surface area contributed by atoms with Gasteiger partial charge in [-0.3, -0.25) is 9.59 Å². The summed E-state index contributed by atoms with van der Waals surface area (Å²) in [5, 5.41) is 2.89. The van der Waals surface area contributed by atoms with E-state index in [1.165, 1.54) is 11.3 Å². The third-order valence-electron chi connectivity index (χ3n) is 5.32. The van der Waals surface area contributed by atoms with E-state index in [1.54, 1.807) is 23.9 Å². The second-order valence-electron chi connectivity index (χ2n) is 7.65. The molecule has 6 nitrogen and oxygen atoms in total. The number of nitrogens with zero attached hydrogens (tertiary/aromatic N) is 2. The molecule has 2 amide bonds. The monoisotopic (exact) mass is 441 g/mol. The molecule has 1 heterocycles. The zero-order valence-corrected chi connectivity index (χ0v) is 19.1. The summed E-state index contributed by atoms with van der Waals surface area (Å²) in [5.74, 6) is 1.16. The molecular formula is C24H31N3O3S. The molecule has 31 heavy (non-hydrogen) atoms. The lowest BCUT2D eigenvalue weighted by Crippen LogP contribution is -2.55. The number of anilines is 1. The van der Waals surface area contributed by atoms with E-state index in [-0.39, 0.29) is 18.4 Å². The van der Waals surface area contributed by atoms with Crippen molar-refractivity contribution in [2.75, 3.05) is 49.7 Å². The van der Waals surface area contributed by atoms with E-state index in [1.807, 2.05) is 29.4 Å². The van der Waals surface area contributed by atoms with Gasteiger partial charge < -0.3 is 19.9 Å². The van der Waals surface area contributed by atoms with E-state index >= 15 is 0 Å². The SMILES string of the molecule is CSCCC(NC(=O)COc1ccccc1)C(=O)N1CCN(c2cccc(C)c2)CC1. The lowest BCUT2D eigenvalue weighted by atomic mass is 10.1. The Morgan fingerprint density at radius 2 is 1.81 bits per heavy atom. The lowest BCUT2D eigenvalue weighted by Gasteiger charge is -2.37. The van der Waals surface area contributed by atoms with E-state index < -0.39 is 6.04 Å². The Morgan fingerprint density at radius 1 is 1.06 bits per heavy atom. The molecule has 0 saturated carbocycles. The summed E-state index contributed by atoms with van der Waals surface area (Å²) < 4.78 is 5.52. The molecule has 1 unspecified atom stereocenters. The molecule has 1 fully saturated rings. The summed E-state index contributed by atoms with van der Waals surface area (Å²) in [7, 11) is 0. The summed E-state index contributed by atoms with van der Waals surface area (Å²) in [6.45, 7) is 4.86. The van der Waals surface area contributed by atoms with Crippen molar-refractivity contribution in [3.63, 3.8) is 0 Å². The average Bonchev–Trinajstić information content (AvgIpc) is 2.81. The van der Waals surface area contributed by atoms with Crippen LogP contribution in [0.2, 0.25) is 0 Å². The molecule has 1 N–H and O–H groups in total. The Hall–Kier alpha value is -2.67. The van der Waals surface area contributed by atoms with Gasteiger partial charge in [-0.1, -0.05) is 30.3 Å². The third-order valence-corrected chi connectivity index (χ3v) is 5.96. The number of aryl methyl sites for hydroxylation is 1. The van der Waals surface area contributed by atoms with Crippen molar-refractivity contribution >= 4 is 29.3 Å². The van der Waals surface area contributed by atoms with Gasteiger partial charge in [-0.2, -0.15) is 11.8 Å². The van der Waals surface area contributed by atoms with Gasteiger partial charge in [0.2, 0.25) is 5.91 Å². The van der Waals surface area contributed by atoms with Gasteiger partial charge in [-0.25, -0.2) is 0 Å². The van der Waals surface area contributed by atoms with Crippen LogP contribution < -0.4 is 15.0 Å². The molecule has 1 aliphatic rings. The maximum absolute atomic E-state index is 13.2. The molecule has 1 atom stereocenters. The molecule has 7 heteroatoms. The fraction of sp³-hybridized carbons (Fsp3) is 0.417. The first kappa shape index (κ1) is 23.0. The first-order chi connectivity index (χ1) is 15.1. The van der Waals surface area contributed by atoms with Gasteiger partial charge >= 0.3 is 0 Å². The Morgan fingerprint density at radius 3 is 2.48 bits per heavy atom.